The minimum absolute atomic E-state index is 0.357. The topological polar surface area (TPSA) is 70.2 Å². The molecule has 0 atom stereocenters. The Labute approximate surface area is 153 Å². The number of likely N-dealkylation sites (N-methyl/N-ethyl adjacent to an activating group) is 1. The van der Waals surface area contributed by atoms with Gasteiger partial charge in [-0.15, -0.1) is 0 Å². The minimum Gasteiger partial charge on any atom is -0.460 e. The molecule has 1 aromatic carbocycles. The zero-order valence-corrected chi connectivity index (χ0v) is 15.2. The Bertz CT molecular complexity index is 857. The lowest BCUT2D eigenvalue weighted by Crippen LogP contribution is -2.28. The van der Waals surface area contributed by atoms with Crippen molar-refractivity contribution in [2.24, 2.45) is 0 Å². The fourth-order valence-corrected chi connectivity index (χ4v) is 2.88. The fraction of sp³-hybridized carbons (Fsp3) is 0.300. The van der Waals surface area contributed by atoms with Crippen LogP contribution in [0, 0.1) is 0 Å². The van der Waals surface area contributed by atoms with E-state index in [0.717, 1.165) is 41.9 Å². The molecule has 136 valence electrons. The summed E-state index contributed by atoms with van der Waals surface area (Å²) in [5.74, 6) is -0.357. The molecule has 0 amide bonds. The SMILES string of the molecule is CCN(CC)CCOC(=O)c1[nH]c2ccccc2c1Nc1ccncc1. The van der Waals surface area contributed by atoms with Crippen LogP contribution in [0.5, 0.6) is 0 Å². The third-order valence-electron chi connectivity index (χ3n) is 4.39. The molecule has 2 N–H and O–H groups in total. The summed E-state index contributed by atoms with van der Waals surface area (Å²) in [6.45, 7) is 7.17. The molecule has 6 heteroatoms. The molecule has 0 aliphatic rings. The van der Waals surface area contributed by atoms with Crippen LogP contribution in [-0.2, 0) is 4.74 Å². The number of esters is 1. The second-order valence-corrected chi connectivity index (χ2v) is 5.94. The van der Waals surface area contributed by atoms with Crippen LogP contribution in [0.15, 0.2) is 48.8 Å². The molecule has 3 aromatic rings. The van der Waals surface area contributed by atoms with Crippen LogP contribution >= 0.6 is 0 Å². The summed E-state index contributed by atoms with van der Waals surface area (Å²) in [5, 5.41) is 4.26. The maximum Gasteiger partial charge on any atom is 0.357 e. The van der Waals surface area contributed by atoms with Gasteiger partial charge in [-0.2, -0.15) is 0 Å². The fourth-order valence-electron chi connectivity index (χ4n) is 2.88. The van der Waals surface area contributed by atoms with E-state index in [1.807, 2.05) is 36.4 Å². The Morgan fingerprint density at radius 3 is 2.62 bits per heavy atom. The molecule has 2 heterocycles. The molecule has 0 saturated heterocycles. The lowest BCUT2D eigenvalue weighted by atomic mass is 10.2. The molecule has 2 aromatic heterocycles. The van der Waals surface area contributed by atoms with Crippen molar-refractivity contribution in [3.05, 3.63) is 54.5 Å². The minimum atomic E-state index is -0.357. The van der Waals surface area contributed by atoms with Gasteiger partial charge in [-0.25, -0.2) is 4.79 Å². The van der Waals surface area contributed by atoms with Crippen molar-refractivity contribution in [1.29, 1.82) is 0 Å². The highest BCUT2D eigenvalue weighted by atomic mass is 16.5. The number of carbonyl (C=O) groups is 1. The number of ether oxygens (including phenoxy) is 1. The van der Waals surface area contributed by atoms with Crippen molar-refractivity contribution >= 4 is 28.2 Å². The Morgan fingerprint density at radius 2 is 1.88 bits per heavy atom. The number of hydrogen-bond acceptors (Lipinski definition) is 5. The first-order valence-corrected chi connectivity index (χ1v) is 8.90. The maximum atomic E-state index is 12.7. The monoisotopic (exact) mass is 352 g/mol. The predicted octanol–water partition coefficient (Wildman–Crippen LogP) is 3.81. The van der Waals surface area contributed by atoms with Gasteiger partial charge in [0.1, 0.15) is 12.3 Å². The van der Waals surface area contributed by atoms with Crippen LogP contribution in [0.1, 0.15) is 24.3 Å². The van der Waals surface area contributed by atoms with Crippen molar-refractivity contribution in [1.82, 2.24) is 14.9 Å². The molecular weight excluding hydrogens is 328 g/mol. The number of para-hydroxylation sites is 1. The average Bonchev–Trinajstić information content (AvgIpc) is 3.05. The molecule has 0 spiro atoms. The van der Waals surface area contributed by atoms with E-state index in [4.69, 9.17) is 4.74 Å². The van der Waals surface area contributed by atoms with Crippen LogP contribution in [0.3, 0.4) is 0 Å². The third-order valence-corrected chi connectivity index (χ3v) is 4.39. The lowest BCUT2D eigenvalue weighted by molar-refractivity contribution is 0.0462. The molecule has 0 unspecified atom stereocenters. The Kier molecular flexibility index (Phi) is 5.86. The number of hydrogen-bond donors (Lipinski definition) is 2. The van der Waals surface area contributed by atoms with Gasteiger partial charge in [0.15, 0.2) is 0 Å². The molecule has 26 heavy (non-hydrogen) atoms. The number of nitrogens with one attached hydrogen (secondary N) is 2. The number of pyridine rings is 1. The summed E-state index contributed by atoms with van der Waals surface area (Å²) in [6.07, 6.45) is 3.42. The van der Waals surface area contributed by atoms with Crippen molar-refractivity contribution in [3.8, 4) is 0 Å². The predicted molar refractivity (Wildman–Crippen MR) is 104 cm³/mol. The summed E-state index contributed by atoms with van der Waals surface area (Å²) in [5.41, 5.74) is 2.91. The van der Waals surface area contributed by atoms with Crippen LogP contribution in [0.4, 0.5) is 11.4 Å². The van der Waals surface area contributed by atoms with Gasteiger partial charge in [-0.1, -0.05) is 32.0 Å². The second kappa shape index (κ2) is 8.49. The Balaban J connectivity index is 1.82. The van der Waals surface area contributed by atoms with Crippen LogP contribution in [0.25, 0.3) is 10.9 Å². The normalized spacial score (nSPS) is 11.0. The zero-order valence-electron chi connectivity index (χ0n) is 15.2. The molecule has 3 rings (SSSR count). The Morgan fingerprint density at radius 1 is 1.15 bits per heavy atom. The third kappa shape index (κ3) is 4.03. The van der Waals surface area contributed by atoms with Crippen LogP contribution in [0.2, 0.25) is 0 Å². The number of benzene rings is 1. The molecule has 0 saturated carbocycles. The van der Waals surface area contributed by atoms with E-state index in [2.05, 4.69) is 34.0 Å². The molecule has 0 aliphatic carbocycles. The summed E-state index contributed by atoms with van der Waals surface area (Å²) in [7, 11) is 0. The largest absolute Gasteiger partial charge is 0.460 e. The molecule has 0 aliphatic heterocycles. The smallest absolute Gasteiger partial charge is 0.357 e. The lowest BCUT2D eigenvalue weighted by Gasteiger charge is -2.17. The molecular formula is C20H24N4O2. The van der Waals surface area contributed by atoms with Gasteiger partial charge in [-0.3, -0.25) is 4.98 Å². The number of aromatic amines is 1. The molecule has 0 bridgehead atoms. The van der Waals surface area contributed by atoms with E-state index < -0.39 is 0 Å². The van der Waals surface area contributed by atoms with Gasteiger partial charge in [0.05, 0.1) is 5.69 Å². The number of rotatable bonds is 8. The zero-order chi connectivity index (χ0) is 18.4. The van der Waals surface area contributed by atoms with Crippen LogP contribution < -0.4 is 5.32 Å². The van der Waals surface area contributed by atoms with E-state index in [9.17, 15) is 4.79 Å². The van der Waals surface area contributed by atoms with E-state index >= 15 is 0 Å². The van der Waals surface area contributed by atoms with Crippen molar-refractivity contribution in [2.75, 3.05) is 31.6 Å². The summed E-state index contributed by atoms with van der Waals surface area (Å²) in [4.78, 5) is 22.1. The summed E-state index contributed by atoms with van der Waals surface area (Å²) >= 11 is 0. The quantitative estimate of drug-likeness (QED) is 0.603. The van der Waals surface area contributed by atoms with E-state index in [-0.39, 0.29) is 5.97 Å². The second-order valence-electron chi connectivity index (χ2n) is 5.94. The number of H-pyrrole nitrogens is 1. The first-order chi connectivity index (χ1) is 12.7. The van der Waals surface area contributed by atoms with Crippen molar-refractivity contribution in [3.63, 3.8) is 0 Å². The molecule has 6 nitrogen and oxygen atoms in total. The van der Waals surface area contributed by atoms with Crippen molar-refractivity contribution in [2.45, 2.75) is 13.8 Å². The highest BCUT2D eigenvalue weighted by Gasteiger charge is 2.19. The summed E-state index contributed by atoms with van der Waals surface area (Å²) < 4.78 is 5.51. The average molecular weight is 352 g/mol. The van der Waals surface area contributed by atoms with Gasteiger partial charge < -0.3 is 19.9 Å². The number of fused-ring (bicyclic) bond motifs is 1. The van der Waals surface area contributed by atoms with Gasteiger partial charge in [0, 0.05) is 35.5 Å². The first kappa shape index (κ1) is 17.9. The maximum absolute atomic E-state index is 12.7. The van der Waals surface area contributed by atoms with E-state index in [1.165, 1.54) is 0 Å². The number of nitrogens with zero attached hydrogens (tertiary/aromatic N) is 2. The number of anilines is 2. The van der Waals surface area contributed by atoms with Gasteiger partial charge in [0.2, 0.25) is 0 Å². The van der Waals surface area contributed by atoms with Gasteiger partial charge in [0.25, 0.3) is 0 Å². The molecule has 0 radical (unpaired) electrons. The number of carbonyl (C=O) groups excluding carboxylic acids is 1. The van der Waals surface area contributed by atoms with Crippen molar-refractivity contribution < 1.29 is 9.53 Å². The van der Waals surface area contributed by atoms with E-state index in [1.54, 1.807) is 12.4 Å². The standard InChI is InChI=1S/C20H24N4O2/c1-3-24(4-2)13-14-26-20(25)19-18(22-15-9-11-21-12-10-15)16-7-5-6-8-17(16)23-19/h5-12,23H,3-4,13-14H2,1-2H3,(H,21,22). The first-order valence-electron chi connectivity index (χ1n) is 8.90. The van der Waals surface area contributed by atoms with Gasteiger partial charge >= 0.3 is 5.97 Å². The van der Waals surface area contributed by atoms with Crippen LogP contribution in [-0.4, -0.2) is 47.1 Å². The molecule has 0 fully saturated rings. The Hall–Kier alpha value is -2.86. The highest BCUT2D eigenvalue weighted by molar-refractivity contribution is 6.07. The highest BCUT2D eigenvalue weighted by Crippen LogP contribution is 2.30. The van der Waals surface area contributed by atoms with Gasteiger partial charge in [-0.05, 0) is 31.3 Å². The number of aromatic nitrogens is 2. The summed E-state index contributed by atoms with van der Waals surface area (Å²) in [6, 6.07) is 11.5. The van der Waals surface area contributed by atoms with E-state index in [0.29, 0.717) is 12.3 Å².